The Hall–Kier alpha value is -3.13. The summed E-state index contributed by atoms with van der Waals surface area (Å²) < 4.78 is 10.6. The van der Waals surface area contributed by atoms with Crippen molar-refractivity contribution in [3.63, 3.8) is 0 Å². The summed E-state index contributed by atoms with van der Waals surface area (Å²) >= 11 is 1.22. The van der Waals surface area contributed by atoms with Gasteiger partial charge in [-0.05, 0) is 50.4 Å². The van der Waals surface area contributed by atoms with E-state index in [0.717, 1.165) is 24.2 Å². The third kappa shape index (κ3) is 4.32. The molecule has 0 unspecified atom stereocenters. The normalized spacial score (nSPS) is 10.7. The van der Waals surface area contributed by atoms with E-state index in [-0.39, 0.29) is 17.7 Å². The van der Waals surface area contributed by atoms with Crippen molar-refractivity contribution in [3.8, 4) is 0 Å². The molecule has 2 N–H and O–H groups in total. The molecule has 0 aliphatic rings. The van der Waals surface area contributed by atoms with Gasteiger partial charge in [-0.25, -0.2) is 4.79 Å². The van der Waals surface area contributed by atoms with E-state index in [4.69, 9.17) is 14.6 Å². The minimum Gasteiger partial charge on any atom is -0.462 e. The number of ether oxygens (including phenoxy) is 1. The van der Waals surface area contributed by atoms with E-state index >= 15 is 0 Å². The summed E-state index contributed by atoms with van der Waals surface area (Å²) in [5, 5.41) is 13.6. The Morgan fingerprint density at radius 2 is 1.90 bits per heavy atom. The largest absolute Gasteiger partial charge is 0.462 e. The molecule has 0 fully saturated rings. The second-order valence-corrected chi connectivity index (χ2v) is 7.14. The number of nitrogens with one attached hydrogen (secondary N) is 2. The molecule has 3 aromatic rings. The molecule has 2 aromatic heterocycles. The fourth-order valence-electron chi connectivity index (χ4n) is 3.02. The predicted molar refractivity (Wildman–Crippen MR) is 114 cm³/mol. The van der Waals surface area contributed by atoms with Crippen LogP contribution < -0.4 is 15.8 Å². The van der Waals surface area contributed by atoms with E-state index in [1.807, 2.05) is 18.2 Å². The summed E-state index contributed by atoms with van der Waals surface area (Å²) in [5.74, 6) is -1.01. The third-order valence-electron chi connectivity index (χ3n) is 4.51. The van der Waals surface area contributed by atoms with Crippen LogP contribution in [0.1, 0.15) is 41.5 Å². The van der Waals surface area contributed by atoms with Gasteiger partial charge < -0.3 is 19.4 Å². The molecule has 1 aromatic carbocycles. The highest BCUT2D eigenvalue weighted by molar-refractivity contribution is 7.14. The molecule has 0 aliphatic carbocycles. The number of amides is 1. The molecule has 3 rings (SSSR count). The molecule has 1 amide bonds. The van der Waals surface area contributed by atoms with E-state index in [9.17, 15) is 9.59 Å². The van der Waals surface area contributed by atoms with Gasteiger partial charge in [0.2, 0.25) is 5.55 Å². The number of hydrogen-bond donors (Lipinski definition) is 2. The van der Waals surface area contributed by atoms with Crippen LogP contribution in [0.3, 0.4) is 0 Å². The molecular formula is C21H23N3O4S. The van der Waals surface area contributed by atoms with Crippen LogP contribution in [0.15, 0.2) is 40.1 Å². The van der Waals surface area contributed by atoms with E-state index in [1.165, 1.54) is 11.3 Å². The van der Waals surface area contributed by atoms with E-state index in [0.29, 0.717) is 16.1 Å². The van der Waals surface area contributed by atoms with Crippen molar-refractivity contribution in [2.24, 2.45) is 0 Å². The molecule has 0 saturated heterocycles. The average Bonchev–Trinajstić information content (AvgIpc) is 3.16. The lowest BCUT2D eigenvalue weighted by molar-refractivity contribution is 0.0528. The number of carbonyl (C=O) groups is 2. The summed E-state index contributed by atoms with van der Waals surface area (Å²) in [6.07, 6.45) is 0. The Labute approximate surface area is 172 Å². The highest BCUT2D eigenvalue weighted by atomic mass is 32.1. The first-order valence-corrected chi connectivity index (χ1v) is 10.3. The molecule has 2 heterocycles. The summed E-state index contributed by atoms with van der Waals surface area (Å²) in [4.78, 5) is 26.9. The molecule has 8 heteroatoms. The van der Waals surface area contributed by atoms with Crippen molar-refractivity contribution in [2.75, 3.05) is 29.9 Å². The van der Waals surface area contributed by atoms with Gasteiger partial charge in [0.15, 0.2) is 0 Å². The first-order chi connectivity index (χ1) is 14.0. The van der Waals surface area contributed by atoms with Gasteiger partial charge in [0.05, 0.1) is 12.2 Å². The fraction of sp³-hybridized carbons (Fsp3) is 0.286. The minimum absolute atomic E-state index is 0.0938. The predicted octanol–water partition coefficient (Wildman–Crippen LogP) is 4.25. The van der Waals surface area contributed by atoms with Gasteiger partial charge in [0.1, 0.15) is 16.1 Å². The van der Waals surface area contributed by atoms with Gasteiger partial charge in [-0.2, -0.15) is 0 Å². The monoisotopic (exact) mass is 413 g/mol. The first kappa shape index (κ1) is 20.6. The molecule has 7 nitrogen and oxygen atoms in total. The maximum Gasteiger partial charge on any atom is 0.341 e. The van der Waals surface area contributed by atoms with E-state index in [2.05, 4.69) is 24.1 Å². The smallest absolute Gasteiger partial charge is 0.341 e. The van der Waals surface area contributed by atoms with Crippen molar-refractivity contribution >= 4 is 44.9 Å². The number of esters is 1. The maximum absolute atomic E-state index is 12.7. The quantitative estimate of drug-likeness (QED) is 0.565. The molecular weight excluding hydrogens is 390 g/mol. The van der Waals surface area contributed by atoms with Crippen LogP contribution in [-0.4, -0.2) is 31.6 Å². The van der Waals surface area contributed by atoms with Crippen LogP contribution in [0, 0.1) is 5.41 Å². The molecule has 0 radical (unpaired) electrons. The SMILES string of the molecule is CCOC(=O)c1ccsc1NC(=O)c1cc2ccc(N(CC)CC)cc2oc1=N. The topological polar surface area (TPSA) is 95.6 Å². The number of fused-ring (bicyclic) bond motifs is 1. The summed E-state index contributed by atoms with van der Waals surface area (Å²) in [7, 11) is 0. The summed E-state index contributed by atoms with van der Waals surface area (Å²) in [6, 6.07) is 8.94. The Kier molecular flexibility index (Phi) is 6.33. The zero-order valence-corrected chi connectivity index (χ0v) is 17.4. The van der Waals surface area contributed by atoms with Crippen LogP contribution in [-0.2, 0) is 4.74 Å². The first-order valence-electron chi connectivity index (χ1n) is 9.41. The number of benzene rings is 1. The molecule has 0 aliphatic heterocycles. The second-order valence-electron chi connectivity index (χ2n) is 6.22. The van der Waals surface area contributed by atoms with Gasteiger partial charge >= 0.3 is 5.97 Å². The summed E-state index contributed by atoms with van der Waals surface area (Å²) in [5.41, 5.74) is 1.69. The van der Waals surface area contributed by atoms with Gasteiger partial charge in [0.25, 0.3) is 5.91 Å². The molecule has 0 bridgehead atoms. The van der Waals surface area contributed by atoms with Crippen LogP contribution in [0.2, 0.25) is 0 Å². The lowest BCUT2D eigenvalue weighted by Gasteiger charge is -2.21. The molecule has 29 heavy (non-hydrogen) atoms. The highest BCUT2D eigenvalue weighted by Crippen LogP contribution is 2.26. The number of nitrogens with zero attached hydrogens (tertiary/aromatic N) is 1. The van der Waals surface area contributed by atoms with Crippen molar-refractivity contribution in [2.45, 2.75) is 20.8 Å². The number of anilines is 2. The van der Waals surface area contributed by atoms with Crippen molar-refractivity contribution in [3.05, 3.63) is 52.4 Å². The highest BCUT2D eigenvalue weighted by Gasteiger charge is 2.19. The van der Waals surface area contributed by atoms with E-state index in [1.54, 1.807) is 24.4 Å². The van der Waals surface area contributed by atoms with Gasteiger partial charge in [-0.3, -0.25) is 10.2 Å². The van der Waals surface area contributed by atoms with Gasteiger partial charge in [-0.15, -0.1) is 11.3 Å². The number of thiophene rings is 1. The van der Waals surface area contributed by atoms with Crippen LogP contribution in [0.4, 0.5) is 10.7 Å². The van der Waals surface area contributed by atoms with Gasteiger partial charge in [0, 0.05) is 30.2 Å². The molecule has 152 valence electrons. The molecule has 0 atom stereocenters. The average molecular weight is 413 g/mol. The van der Waals surface area contributed by atoms with Crippen molar-refractivity contribution in [1.29, 1.82) is 5.41 Å². The minimum atomic E-state index is -0.513. The zero-order chi connectivity index (χ0) is 21.0. The Morgan fingerprint density at radius 3 is 2.59 bits per heavy atom. The van der Waals surface area contributed by atoms with Crippen molar-refractivity contribution in [1.82, 2.24) is 0 Å². The maximum atomic E-state index is 12.7. The number of carbonyl (C=O) groups excluding carboxylic acids is 2. The Bertz CT molecular complexity index is 1100. The second kappa shape index (κ2) is 8.91. The lowest BCUT2D eigenvalue weighted by Crippen LogP contribution is -2.22. The van der Waals surface area contributed by atoms with Crippen LogP contribution in [0.25, 0.3) is 11.0 Å². The van der Waals surface area contributed by atoms with Gasteiger partial charge in [-0.1, -0.05) is 0 Å². The third-order valence-corrected chi connectivity index (χ3v) is 5.34. The zero-order valence-electron chi connectivity index (χ0n) is 16.6. The van der Waals surface area contributed by atoms with E-state index < -0.39 is 11.9 Å². The number of hydrogen-bond acceptors (Lipinski definition) is 7. The fourth-order valence-corrected chi connectivity index (χ4v) is 3.79. The molecule has 0 spiro atoms. The van der Waals surface area contributed by atoms with Crippen LogP contribution in [0.5, 0.6) is 0 Å². The van der Waals surface area contributed by atoms with Crippen molar-refractivity contribution < 1.29 is 18.7 Å². The number of rotatable bonds is 7. The standard InChI is InChI=1S/C21H23N3O4S/c1-4-24(5-2)14-8-7-13-11-16(18(22)28-17(13)12-14)19(25)23-20-15(9-10-29-20)21(26)27-6-3/h7-12,22H,4-6H2,1-3H3,(H,23,25). The Balaban J connectivity index is 1.90. The molecule has 0 saturated carbocycles. The Morgan fingerprint density at radius 1 is 1.14 bits per heavy atom. The lowest BCUT2D eigenvalue weighted by atomic mass is 10.1. The summed E-state index contributed by atoms with van der Waals surface area (Å²) in [6.45, 7) is 7.83. The van der Waals surface area contributed by atoms with Crippen LogP contribution >= 0.6 is 11.3 Å².